The highest BCUT2D eigenvalue weighted by molar-refractivity contribution is 6.00. The number of fused-ring (bicyclic) bond motifs is 1. The van der Waals surface area contributed by atoms with E-state index in [9.17, 15) is 9.18 Å². The highest BCUT2D eigenvalue weighted by atomic mass is 19.1. The quantitative estimate of drug-likeness (QED) is 0.748. The summed E-state index contributed by atoms with van der Waals surface area (Å²) in [5, 5.41) is 4.16. The summed E-state index contributed by atoms with van der Waals surface area (Å²) in [4.78, 5) is 19.2. The van der Waals surface area contributed by atoms with Crippen LogP contribution in [0.3, 0.4) is 0 Å². The van der Waals surface area contributed by atoms with Crippen molar-refractivity contribution in [3.05, 3.63) is 65.6 Å². The average molecular weight is 349 g/mol. The van der Waals surface area contributed by atoms with E-state index in [0.29, 0.717) is 11.4 Å². The molecule has 1 aromatic heterocycles. The van der Waals surface area contributed by atoms with E-state index in [1.54, 1.807) is 18.2 Å². The number of hydrogen-bond donors (Lipinski definition) is 1. The van der Waals surface area contributed by atoms with Gasteiger partial charge >= 0.3 is 0 Å². The molecule has 5 heteroatoms. The van der Waals surface area contributed by atoms with Crippen molar-refractivity contribution < 1.29 is 9.18 Å². The van der Waals surface area contributed by atoms with Crippen LogP contribution in [0, 0.1) is 12.7 Å². The number of nitrogens with one attached hydrogen (secondary N) is 1. The first-order valence-electron chi connectivity index (χ1n) is 8.83. The van der Waals surface area contributed by atoms with Gasteiger partial charge in [-0.25, -0.2) is 9.37 Å². The molecule has 1 fully saturated rings. The third kappa shape index (κ3) is 3.25. The molecule has 0 atom stereocenters. The van der Waals surface area contributed by atoms with E-state index in [1.165, 1.54) is 12.1 Å². The monoisotopic (exact) mass is 349 g/mol. The molecule has 3 aromatic rings. The van der Waals surface area contributed by atoms with Crippen molar-refractivity contribution >= 4 is 28.2 Å². The van der Waals surface area contributed by atoms with E-state index in [1.807, 2.05) is 30.0 Å². The van der Waals surface area contributed by atoms with E-state index in [2.05, 4.69) is 10.3 Å². The summed E-state index contributed by atoms with van der Waals surface area (Å²) in [6.45, 7) is 3.56. The lowest BCUT2D eigenvalue weighted by atomic mass is 10.1. The van der Waals surface area contributed by atoms with Gasteiger partial charge in [-0.1, -0.05) is 17.7 Å². The molecule has 0 spiro atoms. The maximum atomic E-state index is 13.5. The maximum absolute atomic E-state index is 13.5. The molecule has 1 amide bonds. The fourth-order valence-electron chi connectivity index (χ4n) is 3.36. The minimum absolute atomic E-state index is 0.0488. The van der Waals surface area contributed by atoms with Crippen molar-refractivity contribution in [3.8, 4) is 0 Å². The van der Waals surface area contributed by atoms with Crippen LogP contribution >= 0.6 is 0 Å². The standard InChI is InChI=1S/C21H20FN3O/c1-14-7-8-18-17(11-14)19(23-16-6-4-5-15(22)12-16)13-20(24-18)21(26)25-9-2-3-10-25/h4-8,11-13H,2-3,9-10H2,1H3,(H,23,24). The molecule has 0 bridgehead atoms. The number of carbonyl (C=O) groups is 1. The third-order valence-electron chi connectivity index (χ3n) is 4.68. The van der Waals surface area contributed by atoms with Crippen LogP contribution in [0.4, 0.5) is 15.8 Å². The first-order chi connectivity index (χ1) is 12.6. The van der Waals surface area contributed by atoms with Crippen molar-refractivity contribution in [2.45, 2.75) is 19.8 Å². The first-order valence-corrected chi connectivity index (χ1v) is 8.83. The molecule has 0 saturated carbocycles. The molecule has 1 N–H and O–H groups in total. The Hall–Kier alpha value is -2.95. The predicted octanol–water partition coefficient (Wildman–Crippen LogP) is 4.66. The molecule has 1 aliphatic heterocycles. The number of nitrogens with zero attached hydrogens (tertiary/aromatic N) is 2. The van der Waals surface area contributed by atoms with Crippen LogP contribution in [0.2, 0.25) is 0 Å². The predicted molar refractivity (Wildman–Crippen MR) is 101 cm³/mol. The summed E-state index contributed by atoms with van der Waals surface area (Å²) in [6, 6.07) is 14.0. The van der Waals surface area contributed by atoms with Gasteiger partial charge in [-0.2, -0.15) is 0 Å². The minimum atomic E-state index is -0.307. The lowest BCUT2D eigenvalue weighted by molar-refractivity contribution is 0.0787. The van der Waals surface area contributed by atoms with Gasteiger partial charge in [0, 0.05) is 24.2 Å². The van der Waals surface area contributed by atoms with Crippen molar-refractivity contribution in [1.82, 2.24) is 9.88 Å². The molecule has 26 heavy (non-hydrogen) atoms. The summed E-state index contributed by atoms with van der Waals surface area (Å²) in [5.41, 5.74) is 3.66. The summed E-state index contributed by atoms with van der Waals surface area (Å²) in [7, 11) is 0. The van der Waals surface area contributed by atoms with E-state index in [0.717, 1.165) is 48.1 Å². The summed E-state index contributed by atoms with van der Waals surface area (Å²) < 4.78 is 13.5. The molecule has 4 rings (SSSR count). The van der Waals surface area contributed by atoms with Gasteiger partial charge in [0.1, 0.15) is 11.5 Å². The number of aryl methyl sites for hydroxylation is 1. The molecule has 1 aliphatic rings. The molecular formula is C21H20FN3O. The zero-order valence-electron chi connectivity index (χ0n) is 14.6. The first kappa shape index (κ1) is 16.5. The highest BCUT2D eigenvalue weighted by Crippen LogP contribution is 2.28. The lowest BCUT2D eigenvalue weighted by Gasteiger charge is -2.17. The summed E-state index contributed by atoms with van der Waals surface area (Å²) in [5.74, 6) is -0.356. The normalized spacial score (nSPS) is 14.0. The fourth-order valence-corrected chi connectivity index (χ4v) is 3.36. The Bertz CT molecular complexity index is 980. The Morgan fingerprint density at radius 3 is 2.69 bits per heavy atom. The number of amides is 1. The van der Waals surface area contributed by atoms with Crippen LogP contribution in [0.25, 0.3) is 10.9 Å². The van der Waals surface area contributed by atoms with Gasteiger partial charge in [-0.05, 0) is 56.2 Å². The van der Waals surface area contributed by atoms with Gasteiger partial charge in [-0.3, -0.25) is 4.79 Å². The molecular weight excluding hydrogens is 329 g/mol. The zero-order chi connectivity index (χ0) is 18.1. The molecule has 2 heterocycles. The molecule has 1 saturated heterocycles. The van der Waals surface area contributed by atoms with Gasteiger partial charge in [-0.15, -0.1) is 0 Å². The number of hydrogen-bond acceptors (Lipinski definition) is 3. The smallest absolute Gasteiger partial charge is 0.272 e. The molecule has 2 aromatic carbocycles. The number of anilines is 2. The van der Waals surface area contributed by atoms with Gasteiger partial charge in [0.2, 0.25) is 0 Å². The van der Waals surface area contributed by atoms with E-state index < -0.39 is 0 Å². The maximum Gasteiger partial charge on any atom is 0.272 e. The van der Waals surface area contributed by atoms with Crippen LogP contribution in [0.15, 0.2) is 48.5 Å². The van der Waals surface area contributed by atoms with E-state index in [4.69, 9.17) is 0 Å². The Balaban J connectivity index is 1.80. The topological polar surface area (TPSA) is 45.2 Å². The Labute approximate surface area is 151 Å². The van der Waals surface area contributed by atoms with Crippen LogP contribution in [-0.2, 0) is 0 Å². The zero-order valence-corrected chi connectivity index (χ0v) is 14.6. The molecule has 132 valence electrons. The highest BCUT2D eigenvalue weighted by Gasteiger charge is 2.22. The van der Waals surface area contributed by atoms with Gasteiger partial charge in [0.05, 0.1) is 11.2 Å². The van der Waals surface area contributed by atoms with Crippen molar-refractivity contribution in [2.24, 2.45) is 0 Å². The lowest BCUT2D eigenvalue weighted by Crippen LogP contribution is -2.28. The number of aromatic nitrogens is 1. The summed E-state index contributed by atoms with van der Waals surface area (Å²) >= 11 is 0. The van der Waals surface area contributed by atoms with Gasteiger partial charge in [0.15, 0.2) is 0 Å². The number of rotatable bonds is 3. The second-order valence-corrected chi connectivity index (χ2v) is 6.71. The SMILES string of the molecule is Cc1ccc2nc(C(=O)N3CCCC3)cc(Nc3cccc(F)c3)c2c1. The van der Waals surface area contributed by atoms with E-state index >= 15 is 0 Å². The second kappa shape index (κ2) is 6.75. The molecule has 0 aliphatic carbocycles. The number of pyridine rings is 1. The van der Waals surface area contributed by atoms with E-state index in [-0.39, 0.29) is 11.7 Å². The third-order valence-corrected chi connectivity index (χ3v) is 4.68. The second-order valence-electron chi connectivity index (χ2n) is 6.71. The Morgan fingerprint density at radius 1 is 1.12 bits per heavy atom. The Kier molecular flexibility index (Phi) is 4.29. The fraction of sp³-hybridized carbons (Fsp3) is 0.238. The molecule has 0 unspecified atom stereocenters. The van der Waals surface area contributed by atoms with Gasteiger partial charge < -0.3 is 10.2 Å². The van der Waals surface area contributed by atoms with Crippen LogP contribution < -0.4 is 5.32 Å². The largest absolute Gasteiger partial charge is 0.355 e. The average Bonchev–Trinajstić information content (AvgIpc) is 3.16. The van der Waals surface area contributed by atoms with Crippen molar-refractivity contribution in [2.75, 3.05) is 18.4 Å². The number of benzene rings is 2. The van der Waals surface area contributed by atoms with Gasteiger partial charge in [0.25, 0.3) is 5.91 Å². The summed E-state index contributed by atoms with van der Waals surface area (Å²) in [6.07, 6.45) is 2.07. The molecule has 0 radical (unpaired) electrons. The number of halogens is 1. The van der Waals surface area contributed by atoms with Crippen LogP contribution in [0.5, 0.6) is 0 Å². The van der Waals surface area contributed by atoms with Crippen molar-refractivity contribution in [3.63, 3.8) is 0 Å². The van der Waals surface area contributed by atoms with Crippen LogP contribution in [-0.4, -0.2) is 28.9 Å². The molecule has 4 nitrogen and oxygen atoms in total. The number of carbonyl (C=O) groups excluding carboxylic acids is 1. The Morgan fingerprint density at radius 2 is 1.92 bits per heavy atom. The van der Waals surface area contributed by atoms with Crippen LogP contribution in [0.1, 0.15) is 28.9 Å². The van der Waals surface area contributed by atoms with Crippen molar-refractivity contribution in [1.29, 1.82) is 0 Å². The number of likely N-dealkylation sites (tertiary alicyclic amines) is 1. The minimum Gasteiger partial charge on any atom is -0.355 e.